The fraction of sp³-hybridized carbons (Fsp3) is 0.389. The number of aromatic nitrogens is 2. The standard InChI is InChI=1S/C18H22N4O2.ClH/c1-13(19)14-9-11-21(12-10-14)18(24)16-7-8-17(23)22(20-16)15-5-3-2-4-6-15;/h2-8,13-14H,9-12,19H2,1H3;1H. The molecule has 0 aliphatic carbocycles. The van der Waals surface area contributed by atoms with E-state index in [1.165, 1.54) is 16.8 Å². The Hall–Kier alpha value is -2.18. The van der Waals surface area contributed by atoms with Crippen molar-refractivity contribution in [1.29, 1.82) is 0 Å². The third-order valence-electron chi connectivity index (χ3n) is 4.59. The maximum absolute atomic E-state index is 12.7. The molecule has 0 radical (unpaired) electrons. The van der Waals surface area contributed by atoms with Crippen molar-refractivity contribution in [3.63, 3.8) is 0 Å². The third-order valence-corrected chi connectivity index (χ3v) is 4.59. The van der Waals surface area contributed by atoms with E-state index in [-0.39, 0.29) is 35.6 Å². The summed E-state index contributed by atoms with van der Waals surface area (Å²) < 4.78 is 1.27. The van der Waals surface area contributed by atoms with Crippen molar-refractivity contribution in [2.75, 3.05) is 13.1 Å². The maximum atomic E-state index is 12.7. The second kappa shape index (κ2) is 8.27. The number of piperidine rings is 1. The van der Waals surface area contributed by atoms with Crippen molar-refractivity contribution in [3.05, 3.63) is 58.5 Å². The molecule has 1 aliphatic rings. The van der Waals surface area contributed by atoms with Gasteiger partial charge in [-0.25, -0.2) is 0 Å². The summed E-state index contributed by atoms with van der Waals surface area (Å²) in [4.78, 5) is 26.5. The van der Waals surface area contributed by atoms with Crippen molar-refractivity contribution < 1.29 is 4.79 Å². The van der Waals surface area contributed by atoms with Gasteiger partial charge < -0.3 is 10.6 Å². The van der Waals surface area contributed by atoms with E-state index >= 15 is 0 Å². The lowest BCUT2D eigenvalue weighted by Gasteiger charge is -2.33. The van der Waals surface area contributed by atoms with E-state index in [0.717, 1.165) is 12.8 Å². The lowest BCUT2D eigenvalue weighted by atomic mass is 9.91. The van der Waals surface area contributed by atoms with E-state index in [1.54, 1.807) is 17.0 Å². The van der Waals surface area contributed by atoms with E-state index in [1.807, 2.05) is 25.1 Å². The lowest BCUT2D eigenvalue weighted by molar-refractivity contribution is 0.0673. The average molecular weight is 363 g/mol. The molecule has 1 aliphatic heterocycles. The number of likely N-dealkylation sites (tertiary alicyclic amines) is 1. The zero-order chi connectivity index (χ0) is 17.1. The van der Waals surface area contributed by atoms with Gasteiger partial charge in [-0.2, -0.15) is 9.78 Å². The Morgan fingerprint density at radius 1 is 1.16 bits per heavy atom. The SMILES string of the molecule is CC(N)C1CCN(C(=O)c2ccc(=O)n(-c3ccccc3)n2)CC1.Cl. The predicted octanol–water partition coefficient (Wildman–Crippen LogP) is 1.85. The molecule has 3 rings (SSSR count). The fourth-order valence-electron chi connectivity index (χ4n) is 3.07. The first-order valence-corrected chi connectivity index (χ1v) is 8.27. The summed E-state index contributed by atoms with van der Waals surface area (Å²) in [5.41, 5.74) is 6.63. The predicted molar refractivity (Wildman–Crippen MR) is 99.4 cm³/mol. The van der Waals surface area contributed by atoms with E-state index in [9.17, 15) is 9.59 Å². The Labute approximate surface area is 153 Å². The number of rotatable bonds is 3. The van der Waals surface area contributed by atoms with Gasteiger partial charge in [0.05, 0.1) is 5.69 Å². The molecule has 1 fully saturated rings. The quantitative estimate of drug-likeness (QED) is 0.903. The van der Waals surface area contributed by atoms with Gasteiger partial charge in [-0.1, -0.05) is 18.2 Å². The minimum atomic E-state index is -0.256. The lowest BCUT2D eigenvalue weighted by Crippen LogP contribution is -2.43. The molecular weight excluding hydrogens is 340 g/mol. The monoisotopic (exact) mass is 362 g/mol. The molecule has 1 aromatic heterocycles. The minimum Gasteiger partial charge on any atom is -0.337 e. The average Bonchev–Trinajstić information content (AvgIpc) is 2.62. The van der Waals surface area contributed by atoms with Crippen molar-refractivity contribution in [3.8, 4) is 5.69 Å². The topological polar surface area (TPSA) is 81.2 Å². The number of carbonyl (C=O) groups excluding carboxylic acids is 1. The molecule has 6 nitrogen and oxygen atoms in total. The van der Waals surface area contributed by atoms with Crippen LogP contribution < -0.4 is 11.3 Å². The van der Waals surface area contributed by atoms with Crippen molar-refractivity contribution in [1.82, 2.24) is 14.7 Å². The number of para-hydroxylation sites is 1. The normalized spacial score (nSPS) is 16.2. The van der Waals surface area contributed by atoms with Crippen molar-refractivity contribution in [2.24, 2.45) is 11.7 Å². The Morgan fingerprint density at radius 2 is 1.80 bits per heavy atom. The van der Waals surface area contributed by atoms with Gasteiger partial charge in [0.25, 0.3) is 11.5 Å². The van der Waals surface area contributed by atoms with Gasteiger partial charge in [0.2, 0.25) is 0 Å². The van der Waals surface area contributed by atoms with Crippen LogP contribution in [-0.4, -0.2) is 39.7 Å². The van der Waals surface area contributed by atoms with Gasteiger partial charge in [-0.3, -0.25) is 9.59 Å². The molecular formula is C18H23ClN4O2. The van der Waals surface area contributed by atoms with E-state index < -0.39 is 0 Å². The van der Waals surface area contributed by atoms with Crippen LogP contribution in [0.3, 0.4) is 0 Å². The minimum absolute atomic E-state index is 0. The number of amides is 1. The molecule has 2 N–H and O–H groups in total. The number of nitrogens with two attached hydrogens (primary N) is 1. The fourth-order valence-corrected chi connectivity index (χ4v) is 3.07. The first kappa shape index (κ1) is 19.1. The van der Waals surface area contributed by atoms with Crippen LogP contribution in [0.25, 0.3) is 5.69 Å². The van der Waals surface area contributed by atoms with Crippen LogP contribution in [0.5, 0.6) is 0 Å². The summed E-state index contributed by atoms with van der Waals surface area (Å²) >= 11 is 0. The van der Waals surface area contributed by atoms with Crippen LogP contribution >= 0.6 is 12.4 Å². The van der Waals surface area contributed by atoms with Crippen LogP contribution in [0, 0.1) is 5.92 Å². The molecule has 1 unspecified atom stereocenters. The molecule has 7 heteroatoms. The number of halogens is 1. The van der Waals surface area contributed by atoms with Crippen LogP contribution in [0.4, 0.5) is 0 Å². The first-order chi connectivity index (χ1) is 11.6. The zero-order valence-electron chi connectivity index (χ0n) is 14.2. The zero-order valence-corrected chi connectivity index (χ0v) is 15.0. The number of carbonyl (C=O) groups is 1. The van der Waals surface area contributed by atoms with Gasteiger partial charge in [0.1, 0.15) is 5.69 Å². The largest absolute Gasteiger partial charge is 0.337 e. The molecule has 0 spiro atoms. The number of hydrogen-bond acceptors (Lipinski definition) is 4. The molecule has 25 heavy (non-hydrogen) atoms. The highest BCUT2D eigenvalue weighted by molar-refractivity contribution is 5.92. The molecule has 0 saturated carbocycles. The third kappa shape index (κ3) is 4.27. The Kier molecular flexibility index (Phi) is 6.33. The molecule has 1 aromatic carbocycles. The summed E-state index contributed by atoms with van der Waals surface area (Å²) in [7, 11) is 0. The molecule has 1 amide bonds. The summed E-state index contributed by atoms with van der Waals surface area (Å²) in [6, 6.07) is 12.1. The smallest absolute Gasteiger partial charge is 0.274 e. The second-order valence-corrected chi connectivity index (χ2v) is 6.29. The number of hydrogen-bond donors (Lipinski definition) is 1. The molecule has 1 atom stereocenters. The molecule has 2 heterocycles. The highest BCUT2D eigenvalue weighted by Gasteiger charge is 2.26. The summed E-state index contributed by atoms with van der Waals surface area (Å²) in [6.45, 7) is 3.37. The van der Waals surface area contributed by atoms with E-state index in [2.05, 4.69) is 5.10 Å². The summed E-state index contributed by atoms with van der Waals surface area (Å²) in [5, 5.41) is 4.26. The molecule has 134 valence electrons. The van der Waals surface area contributed by atoms with Crippen LogP contribution in [0.1, 0.15) is 30.3 Å². The van der Waals surface area contributed by atoms with Crippen LogP contribution in [0.15, 0.2) is 47.3 Å². The van der Waals surface area contributed by atoms with Gasteiger partial charge in [-0.15, -0.1) is 12.4 Å². The number of nitrogens with zero attached hydrogens (tertiary/aromatic N) is 3. The van der Waals surface area contributed by atoms with Crippen molar-refractivity contribution in [2.45, 2.75) is 25.8 Å². The summed E-state index contributed by atoms with van der Waals surface area (Å²) in [6.07, 6.45) is 1.81. The van der Waals surface area contributed by atoms with E-state index in [0.29, 0.717) is 24.7 Å². The molecule has 1 saturated heterocycles. The first-order valence-electron chi connectivity index (χ1n) is 8.27. The molecule has 0 bridgehead atoms. The maximum Gasteiger partial charge on any atom is 0.274 e. The van der Waals surface area contributed by atoms with Gasteiger partial charge in [-0.05, 0) is 43.9 Å². The van der Waals surface area contributed by atoms with Gasteiger partial charge >= 0.3 is 0 Å². The Bertz CT molecular complexity index is 768. The molecule has 2 aromatic rings. The second-order valence-electron chi connectivity index (χ2n) is 6.29. The van der Waals surface area contributed by atoms with Gasteiger partial charge in [0, 0.05) is 25.2 Å². The van der Waals surface area contributed by atoms with Crippen molar-refractivity contribution >= 4 is 18.3 Å². The van der Waals surface area contributed by atoms with E-state index in [4.69, 9.17) is 5.73 Å². The van der Waals surface area contributed by atoms with Gasteiger partial charge in [0.15, 0.2) is 0 Å². The highest BCUT2D eigenvalue weighted by Crippen LogP contribution is 2.20. The van der Waals surface area contributed by atoms with Crippen LogP contribution in [0.2, 0.25) is 0 Å². The Morgan fingerprint density at radius 3 is 2.40 bits per heavy atom. The van der Waals surface area contributed by atoms with Crippen LogP contribution in [-0.2, 0) is 0 Å². The number of benzene rings is 1. The Balaban J connectivity index is 0.00000225. The summed E-state index contributed by atoms with van der Waals surface area (Å²) in [5.74, 6) is 0.322. The highest BCUT2D eigenvalue weighted by atomic mass is 35.5.